The molecule has 2 heterocycles. The summed E-state index contributed by atoms with van der Waals surface area (Å²) in [5, 5.41) is 6.09. The molecule has 0 aliphatic carbocycles. The summed E-state index contributed by atoms with van der Waals surface area (Å²) in [5.74, 6) is 0.289. The molecular weight excluding hydrogens is 391 g/mol. The fourth-order valence-electron chi connectivity index (χ4n) is 3.33. The summed E-state index contributed by atoms with van der Waals surface area (Å²) >= 11 is 13.7. The third kappa shape index (κ3) is 4.92. The summed E-state index contributed by atoms with van der Waals surface area (Å²) < 4.78 is 5.54. The van der Waals surface area contributed by atoms with E-state index in [0.29, 0.717) is 15.8 Å². The number of hydrogen-bond donors (Lipinski definition) is 1. The van der Waals surface area contributed by atoms with E-state index in [0.717, 1.165) is 13.1 Å². The number of nitrogens with one attached hydrogen (secondary N) is 1. The minimum Gasteiger partial charge on any atom is -0.482 e. The molecule has 2 aromatic rings. The van der Waals surface area contributed by atoms with E-state index in [9.17, 15) is 4.79 Å². The number of hydrogen-bond acceptors (Lipinski definition) is 4. The maximum absolute atomic E-state index is 12.4. The highest BCUT2D eigenvalue weighted by atomic mass is 35.5. The fourth-order valence-corrected chi connectivity index (χ4v) is 4.76. The molecule has 0 saturated carbocycles. The Morgan fingerprint density at radius 2 is 2.08 bits per heavy atom. The summed E-state index contributed by atoms with van der Waals surface area (Å²) in [6.45, 7) is 4.11. The number of ether oxygens (including phenoxy) is 1. The van der Waals surface area contributed by atoms with E-state index in [4.69, 9.17) is 27.9 Å². The summed E-state index contributed by atoms with van der Waals surface area (Å²) in [6, 6.07) is 9.33. The lowest BCUT2D eigenvalue weighted by Crippen LogP contribution is -2.45. The lowest BCUT2D eigenvalue weighted by Gasteiger charge is -2.32. The van der Waals surface area contributed by atoms with Crippen molar-refractivity contribution in [3.63, 3.8) is 0 Å². The van der Waals surface area contributed by atoms with Gasteiger partial charge in [0.25, 0.3) is 5.91 Å². The van der Waals surface area contributed by atoms with Crippen LogP contribution in [0.5, 0.6) is 5.75 Å². The lowest BCUT2D eigenvalue weighted by atomic mass is 10.1. The molecule has 7 heteroatoms. The Kier molecular flexibility index (Phi) is 6.81. The Morgan fingerprint density at radius 1 is 1.31 bits per heavy atom. The zero-order valence-electron chi connectivity index (χ0n) is 14.6. The zero-order chi connectivity index (χ0) is 18.5. The monoisotopic (exact) mass is 412 g/mol. The van der Waals surface area contributed by atoms with Gasteiger partial charge < -0.3 is 10.1 Å². The predicted molar refractivity (Wildman–Crippen MR) is 107 cm³/mol. The molecule has 1 N–H and O–H groups in total. The topological polar surface area (TPSA) is 41.6 Å². The average molecular weight is 413 g/mol. The normalized spacial score (nSPS) is 17.0. The molecule has 140 valence electrons. The average Bonchev–Trinajstić information content (AvgIpc) is 3.28. The van der Waals surface area contributed by atoms with Gasteiger partial charge in [-0.3, -0.25) is 9.69 Å². The molecule has 0 unspecified atom stereocenters. The van der Waals surface area contributed by atoms with E-state index < -0.39 is 0 Å². The second kappa shape index (κ2) is 9.09. The molecule has 1 aromatic carbocycles. The van der Waals surface area contributed by atoms with Crippen molar-refractivity contribution in [3.05, 3.63) is 50.6 Å². The van der Waals surface area contributed by atoms with E-state index >= 15 is 0 Å². The van der Waals surface area contributed by atoms with E-state index in [-0.39, 0.29) is 24.6 Å². The molecule has 0 spiro atoms. The number of benzene rings is 1. The van der Waals surface area contributed by atoms with Crippen molar-refractivity contribution in [2.24, 2.45) is 0 Å². The van der Waals surface area contributed by atoms with Crippen molar-refractivity contribution in [3.8, 4) is 5.75 Å². The maximum Gasteiger partial charge on any atom is 0.258 e. The molecule has 3 rings (SSSR count). The van der Waals surface area contributed by atoms with Crippen molar-refractivity contribution >= 4 is 40.4 Å². The number of amides is 1. The fraction of sp³-hybridized carbons (Fsp3) is 0.421. The molecule has 26 heavy (non-hydrogen) atoms. The SMILES string of the molecule is C[C@H](NC(=O)COc1ccc(Cl)cc1Cl)[C@H](c1cccs1)N1CCCC1. The number of halogens is 2. The van der Waals surface area contributed by atoms with Gasteiger partial charge in [0.1, 0.15) is 5.75 Å². The first-order chi connectivity index (χ1) is 12.5. The Labute approximate surface area is 168 Å². The molecule has 0 radical (unpaired) electrons. The number of nitrogens with zero attached hydrogens (tertiary/aromatic N) is 1. The van der Waals surface area contributed by atoms with Crippen LogP contribution in [0.15, 0.2) is 35.7 Å². The smallest absolute Gasteiger partial charge is 0.258 e. The molecule has 1 fully saturated rings. The number of carbonyl (C=O) groups is 1. The van der Waals surface area contributed by atoms with Crippen LogP contribution in [0, 0.1) is 0 Å². The van der Waals surface area contributed by atoms with Crippen LogP contribution in [0.4, 0.5) is 0 Å². The largest absolute Gasteiger partial charge is 0.482 e. The molecule has 1 amide bonds. The third-order valence-electron chi connectivity index (χ3n) is 4.48. The molecule has 1 aliphatic heterocycles. The molecule has 1 aliphatic rings. The third-order valence-corrected chi connectivity index (χ3v) is 5.96. The number of thiophene rings is 1. The standard InChI is InChI=1S/C19H22Cl2N2O2S/c1-13(19(17-5-4-10-26-17)23-8-2-3-9-23)22-18(24)12-25-16-7-6-14(20)11-15(16)21/h4-7,10-11,13,19H,2-3,8-9,12H2,1H3,(H,22,24)/t13-,19+/m0/s1. The van der Waals surface area contributed by atoms with Crippen LogP contribution >= 0.6 is 34.5 Å². The second-order valence-corrected chi connectivity index (χ2v) is 8.25. The van der Waals surface area contributed by atoms with Crippen LogP contribution in [-0.2, 0) is 4.79 Å². The number of carbonyl (C=O) groups excluding carboxylic acids is 1. The highest BCUT2D eigenvalue weighted by molar-refractivity contribution is 7.10. The van der Waals surface area contributed by atoms with Crippen LogP contribution in [0.2, 0.25) is 10.0 Å². The molecule has 1 saturated heterocycles. The second-order valence-electron chi connectivity index (χ2n) is 6.42. The Morgan fingerprint density at radius 3 is 2.73 bits per heavy atom. The minimum absolute atomic E-state index is 0.0106. The van der Waals surface area contributed by atoms with E-state index in [1.54, 1.807) is 29.5 Å². The molecular formula is C19H22Cl2N2O2S. The summed E-state index contributed by atoms with van der Waals surface area (Å²) in [5.41, 5.74) is 0. The van der Waals surface area contributed by atoms with Crippen LogP contribution < -0.4 is 10.1 Å². The van der Waals surface area contributed by atoms with Crippen LogP contribution in [0.3, 0.4) is 0 Å². The van der Waals surface area contributed by atoms with Gasteiger partial charge in [-0.25, -0.2) is 0 Å². The first kappa shape index (κ1) is 19.5. The summed E-state index contributed by atoms with van der Waals surface area (Å²) in [4.78, 5) is 16.1. The first-order valence-corrected chi connectivity index (χ1v) is 10.3. The van der Waals surface area contributed by atoms with Gasteiger partial charge in [-0.2, -0.15) is 0 Å². The van der Waals surface area contributed by atoms with E-state index in [1.165, 1.54) is 17.7 Å². The quantitative estimate of drug-likeness (QED) is 0.711. The van der Waals surface area contributed by atoms with E-state index in [2.05, 4.69) is 34.7 Å². The Hall–Kier alpha value is -1.27. The van der Waals surface area contributed by atoms with Crippen molar-refractivity contribution in [1.29, 1.82) is 0 Å². The molecule has 0 bridgehead atoms. The Bertz CT molecular complexity index is 733. The van der Waals surface area contributed by atoms with Gasteiger partial charge in [0.05, 0.1) is 11.1 Å². The zero-order valence-corrected chi connectivity index (χ0v) is 16.9. The number of likely N-dealkylation sites (tertiary alicyclic amines) is 1. The highest BCUT2D eigenvalue weighted by Gasteiger charge is 2.30. The highest BCUT2D eigenvalue weighted by Crippen LogP contribution is 2.31. The van der Waals surface area contributed by atoms with Crippen LogP contribution in [0.1, 0.15) is 30.7 Å². The minimum atomic E-state index is -0.163. The Balaban J connectivity index is 1.59. The van der Waals surface area contributed by atoms with Crippen molar-refractivity contribution < 1.29 is 9.53 Å². The van der Waals surface area contributed by atoms with E-state index in [1.807, 2.05) is 0 Å². The van der Waals surface area contributed by atoms with Crippen LogP contribution in [-0.4, -0.2) is 36.5 Å². The van der Waals surface area contributed by atoms with Crippen LogP contribution in [0.25, 0.3) is 0 Å². The first-order valence-electron chi connectivity index (χ1n) is 8.69. The predicted octanol–water partition coefficient (Wildman–Crippen LogP) is 4.78. The lowest BCUT2D eigenvalue weighted by molar-refractivity contribution is -0.124. The van der Waals surface area contributed by atoms with Crippen molar-refractivity contribution in [2.45, 2.75) is 31.8 Å². The van der Waals surface area contributed by atoms with Gasteiger partial charge in [-0.05, 0) is 62.5 Å². The maximum atomic E-state index is 12.4. The van der Waals surface area contributed by atoms with Crippen molar-refractivity contribution in [2.75, 3.05) is 19.7 Å². The van der Waals surface area contributed by atoms with Gasteiger partial charge in [-0.1, -0.05) is 29.3 Å². The number of rotatable bonds is 7. The summed E-state index contributed by atoms with van der Waals surface area (Å²) in [7, 11) is 0. The van der Waals surface area contributed by atoms with Gasteiger partial charge in [-0.15, -0.1) is 11.3 Å². The van der Waals surface area contributed by atoms with Gasteiger partial charge >= 0.3 is 0 Å². The van der Waals surface area contributed by atoms with Gasteiger partial charge in [0.15, 0.2) is 6.61 Å². The summed E-state index contributed by atoms with van der Waals surface area (Å²) in [6.07, 6.45) is 2.42. The van der Waals surface area contributed by atoms with Gasteiger partial charge in [0, 0.05) is 15.9 Å². The molecule has 2 atom stereocenters. The van der Waals surface area contributed by atoms with Gasteiger partial charge in [0.2, 0.25) is 0 Å². The van der Waals surface area contributed by atoms with Crippen molar-refractivity contribution in [1.82, 2.24) is 10.2 Å². The molecule has 1 aromatic heterocycles. The molecule has 4 nitrogen and oxygen atoms in total.